The third kappa shape index (κ3) is 3.33. The van der Waals surface area contributed by atoms with Gasteiger partial charge >= 0.3 is 0 Å². The van der Waals surface area contributed by atoms with E-state index in [1.165, 1.54) is 0 Å². The zero-order valence-corrected chi connectivity index (χ0v) is 12.2. The zero-order valence-electron chi connectivity index (χ0n) is 11.4. The molecule has 114 valence electrons. The number of hydrogen-bond donors (Lipinski definition) is 2. The highest BCUT2D eigenvalue weighted by atomic mass is 32.2. The van der Waals surface area contributed by atoms with E-state index in [0.717, 1.165) is 19.9 Å². The molecular formula is C11H18F2N4O2S. The Morgan fingerprint density at radius 3 is 2.70 bits per heavy atom. The van der Waals surface area contributed by atoms with Crippen LogP contribution in [0, 0.1) is 6.92 Å². The predicted octanol–water partition coefficient (Wildman–Crippen LogP) is 0.856. The van der Waals surface area contributed by atoms with Crippen LogP contribution in [0.2, 0.25) is 0 Å². The first kappa shape index (κ1) is 15.3. The predicted molar refractivity (Wildman–Crippen MR) is 69.0 cm³/mol. The lowest BCUT2D eigenvalue weighted by Gasteiger charge is -2.16. The fourth-order valence-electron chi connectivity index (χ4n) is 1.83. The van der Waals surface area contributed by atoms with Crippen LogP contribution in [0.1, 0.15) is 24.1 Å². The van der Waals surface area contributed by atoms with Gasteiger partial charge in [-0.2, -0.15) is 9.40 Å². The number of halogens is 2. The van der Waals surface area contributed by atoms with Crippen molar-refractivity contribution in [2.75, 3.05) is 13.6 Å². The van der Waals surface area contributed by atoms with Crippen LogP contribution in [0.25, 0.3) is 0 Å². The molecule has 2 N–H and O–H groups in total. The van der Waals surface area contributed by atoms with Crippen molar-refractivity contribution in [2.24, 2.45) is 0 Å². The molecule has 0 spiro atoms. The molecule has 1 aromatic heterocycles. The number of hydrogen-bond acceptors (Lipinski definition) is 4. The smallest absolute Gasteiger partial charge is 0.262 e. The van der Waals surface area contributed by atoms with Gasteiger partial charge < -0.3 is 5.32 Å². The van der Waals surface area contributed by atoms with Crippen molar-refractivity contribution in [1.82, 2.24) is 19.8 Å². The van der Waals surface area contributed by atoms with Crippen LogP contribution in [-0.4, -0.2) is 49.0 Å². The van der Waals surface area contributed by atoms with Gasteiger partial charge in [-0.1, -0.05) is 0 Å². The van der Waals surface area contributed by atoms with Crippen LogP contribution in [0.5, 0.6) is 0 Å². The molecular weight excluding hydrogens is 290 g/mol. The molecule has 0 bridgehead atoms. The SMILES string of the molecule is Cc1[nH]nc(S(=O)(=O)N(C)CC(F)F)c1CNC1CC1. The first-order valence-corrected chi connectivity index (χ1v) is 7.78. The summed E-state index contributed by atoms with van der Waals surface area (Å²) in [6.45, 7) is 1.23. The fourth-order valence-corrected chi connectivity index (χ4v) is 3.13. The van der Waals surface area contributed by atoms with Crippen molar-refractivity contribution in [3.05, 3.63) is 11.3 Å². The number of alkyl halides is 2. The Morgan fingerprint density at radius 2 is 2.15 bits per heavy atom. The molecule has 0 radical (unpaired) electrons. The van der Waals surface area contributed by atoms with Gasteiger partial charge in [0.15, 0.2) is 5.03 Å². The summed E-state index contributed by atoms with van der Waals surface area (Å²) >= 11 is 0. The Kier molecular flexibility index (Phi) is 4.40. The minimum atomic E-state index is -4.00. The number of sulfonamides is 1. The largest absolute Gasteiger partial charge is 0.310 e. The molecule has 1 aromatic rings. The van der Waals surface area contributed by atoms with Crippen LogP contribution in [0.3, 0.4) is 0 Å². The lowest BCUT2D eigenvalue weighted by Crippen LogP contribution is -2.32. The molecule has 6 nitrogen and oxygen atoms in total. The van der Waals surface area contributed by atoms with Crippen LogP contribution < -0.4 is 5.32 Å². The topological polar surface area (TPSA) is 78.1 Å². The highest BCUT2D eigenvalue weighted by Crippen LogP contribution is 2.23. The molecule has 0 saturated heterocycles. The summed E-state index contributed by atoms with van der Waals surface area (Å²) in [5, 5.41) is 9.41. The number of aromatic amines is 1. The summed E-state index contributed by atoms with van der Waals surface area (Å²) in [7, 11) is -2.87. The van der Waals surface area contributed by atoms with Crippen molar-refractivity contribution in [1.29, 1.82) is 0 Å². The van der Waals surface area contributed by atoms with Crippen molar-refractivity contribution >= 4 is 10.0 Å². The van der Waals surface area contributed by atoms with E-state index in [-0.39, 0.29) is 5.03 Å². The molecule has 1 saturated carbocycles. The summed E-state index contributed by atoms with van der Waals surface area (Å²) < 4.78 is 49.8. The van der Waals surface area contributed by atoms with Crippen molar-refractivity contribution < 1.29 is 17.2 Å². The molecule has 0 unspecified atom stereocenters. The summed E-state index contributed by atoms with van der Waals surface area (Å²) in [6.07, 6.45) is -0.572. The van der Waals surface area contributed by atoms with E-state index in [4.69, 9.17) is 0 Å². The molecule has 0 aromatic carbocycles. The van der Waals surface area contributed by atoms with Gasteiger partial charge in [0.25, 0.3) is 16.4 Å². The van der Waals surface area contributed by atoms with E-state index in [1.807, 2.05) is 0 Å². The Labute approximate surface area is 116 Å². The van der Waals surface area contributed by atoms with Crippen molar-refractivity contribution in [3.8, 4) is 0 Å². The Hall–Kier alpha value is -1.06. The van der Waals surface area contributed by atoms with Gasteiger partial charge in [-0.3, -0.25) is 5.10 Å². The third-order valence-corrected chi connectivity index (χ3v) is 5.03. The van der Waals surface area contributed by atoms with Gasteiger partial charge in [0.05, 0.1) is 6.54 Å². The maximum atomic E-state index is 12.4. The molecule has 0 aliphatic heterocycles. The van der Waals surface area contributed by atoms with E-state index < -0.39 is 23.0 Å². The normalized spacial score (nSPS) is 16.3. The van der Waals surface area contributed by atoms with Gasteiger partial charge in [0.2, 0.25) is 0 Å². The number of nitrogens with zero attached hydrogens (tertiary/aromatic N) is 2. The van der Waals surface area contributed by atoms with Gasteiger partial charge in [0, 0.05) is 30.9 Å². The molecule has 0 amide bonds. The quantitative estimate of drug-likeness (QED) is 0.783. The lowest BCUT2D eigenvalue weighted by molar-refractivity contribution is 0.126. The van der Waals surface area contributed by atoms with Crippen LogP contribution in [0.4, 0.5) is 8.78 Å². The van der Waals surface area contributed by atoms with E-state index in [0.29, 0.717) is 28.1 Å². The second kappa shape index (κ2) is 5.74. The first-order chi connectivity index (χ1) is 9.32. The van der Waals surface area contributed by atoms with Crippen molar-refractivity contribution in [2.45, 2.75) is 43.8 Å². The fraction of sp³-hybridized carbons (Fsp3) is 0.727. The molecule has 20 heavy (non-hydrogen) atoms. The Morgan fingerprint density at radius 1 is 1.50 bits per heavy atom. The molecule has 2 rings (SSSR count). The lowest BCUT2D eigenvalue weighted by atomic mass is 10.2. The Balaban J connectivity index is 2.21. The maximum absolute atomic E-state index is 12.4. The minimum Gasteiger partial charge on any atom is -0.310 e. The molecule has 1 aliphatic rings. The Bertz CT molecular complexity index is 569. The van der Waals surface area contributed by atoms with Gasteiger partial charge in [-0.05, 0) is 19.8 Å². The molecule has 1 heterocycles. The second-order valence-electron chi connectivity index (χ2n) is 4.96. The molecule has 1 aliphatic carbocycles. The van der Waals surface area contributed by atoms with E-state index >= 15 is 0 Å². The summed E-state index contributed by atoms with van der Waals surface area (Å²) in [4.78, 5) is 0. The second-order valence-corrected chi connectivity index (χ2v) is 6.92. The first-order valence-electron chi connectivity index (χ1n) is 6.34. The minimum absolute atomic E-state index is 0.175. The monoisotopic (exact) mass is 308 g/mol. The summed E-state index contributed by atoms with van der Waals surface area (Å²) in [5.41, 5.74) is 1.14. The van der Waals surface area contributed by atoms with Crippen LogP contribution in [-0.2, 0) is 16.6 Å². The van der Waals surface area contributed by atoms with Gasteiger partial charge in [-0.25, -0.2) is 17.2 Å². The molecule has 9 heteroatoms. The summed E-state index contributed by atoms with van der Waals surface area (Å²) in [5.74, 6) is 0. The highest BCUT2D eigenvalue weighted by Gasteiger charge is 2.30. The summed E-state index contributed by atoms with van der Waals surface area (Å²) in [6, 6.07) is 0.415. The van der Waals surface area contributed by atoms with Gasteiger partial charge in [-0.15, -0.1) is 0 Å². The number of H-pyrrole nitrogens is 1. The van der Waals surface area contributed by atoms with Gasteiger partial charge in [0.1, 0.15) is 0 Å². The number of aromatic nitrogens is 2. The van der Waals surface area contributed by atoms with Crippen molar-refractivity contribution in [3.63, 3.8) is 0 Å². The average molecular weight is 308 g/mol. The zero-order chi connectivity index (χ0) is 14.9. The van der Waals surface area contributed by atoms with E-state index in [2.05, 4.69) is 15.5 Å². The highest BCUT2D eigenvalue weighted by molar-refractivity contribution is 7.89. The van der Waals surface area contributed by atoms with E-state index in [1.54, 1.807) is 6.92 Å². The number of nitrogens with one attached hydrogen (secondary N) is 2. The number of aryl methyl sites for hydroxylation is 1. The molecule has 0 atom stereocenters. The number of rotatable bonds is 7. The molecule has 1 fully saturated rings. The standard InChI is InChI=1S/C11H18F2N4O2S/c1-7-9(5-14-8-3-4-8)11(16-15-7)20(18,19)17(2)6-10(12)13/h8,10,14H,3-6H2,1-2H3,(H,15,16). The maximum Gasteiger partial charge on any atom is 0.262 e. The van der Waals surface area contributed by atoms with E-state index in [9.17, 15) is 17.2 Å². The average Bonchev–Trinajstić information content (AvgIpc) is 3.09. The van der Waals surface area contributed by atoms with Crippen LogP contribution >= 0.6 is 0 Å². The third-order valence-electron chi connectivity index (χ3n) is 3.23. The van der Waals surface area contributed by atoms with Crippen LogP contribution in [0.15, 0.2) is 5.03 Å².